The van der Waals surface area contributed by atoms with Crippen molar-refractivity contribution in [2.24, 2.45) is 7.05 Å². The molecule has 1 aromatic carbocycles. The van der Waals surface area contributed by atoms with E-state index in [-0.39, 0.29) is 11.8 Å². The zero-order valence-electron chi connectivity index (χ0n) is 13.9. The number of aromatic nitrogens is 1. The van der Waals surface area contributed by atoms with Crippen LogP contribution in [-0.4, -0.2) is 59.5 Å². The van der Waals surface area contributed by atoms with Crippen LogP contribution in [-0.2, 0) is 7.05 Å². The van der Waals surface area contributed by atoms with Gasteiger partial charge in [-0.25, -0.2) is 0 Å². The lowest BCUT2D eigenvalue weighted by Gasteiger charge is -2.34. The van der Waals surface area contributed by atoms with Crippen molar-refractivity contribution >= 4 is 11.8 Å². The van der Waals surface area contributed by atoms with Crippen LogP contribution >= 0.6 is 0 Å². The number of carbonyl (C=O) groups is 2. The maximum atomic E-state index is 12.5. The first-order valence-corrected chi connectivity index (χ1v) is 7.93. The van der Waals surface area contributed by atoms with E-state index in [1.807, 2.05) is 30.1 Å². The Bertz CT molecular complexity index is 728. The van der Waals surface area contributed by atoms with Gasteiger partial charge in [-0.2, -0.15) is 0 Å². The van der Waals surface area contributed by atoms with Gasteiger partial charge in [-0.15, -0.1) is 0 Å². The van der Waals surface area contributed by atoms with Crippen molar-refractivity contribution in [3.63, 3.8) is 0 Å². The summed E-state index contributed by atoms with van der Waals surface area (Å²) < 4.78 is 6.97. The second kappa shape index (κ2) is 6.78. The Morgan fingerprint density at radius 2 is 1.42 bits per heavy atom. The van der Waals surface area contributed by atoms with Crippen LogP contribution in [0.3, 0.4) is 0 Å². The van der Waals surface area contributed by atoms with E-state index in [1.54, 1.807) is 41.2 Å². The fraction of sp³-hybridized carbons (Fsp3) is 0.333. The van der Waals surface area contributed by atoms with Crippen LogP contribution in [0.5, 0.6) is 5.75 Å². The van der Waals surface area contributed by atoms with E-state index < -0.39 is 0 Å². The third-order valence-corrected chi connectivity index (χ3v) is 4.27. The second-order valence-corrected chi connectivity index (χ2v) is 5.88. The molecule has 1 aromatic heterocycles. The maximum Gasteiger partial charge on any atom is 0.255 e. The lowest BCUT2D eigenvalue weighted by molar-refractivity contribution is 0.0535. The Morgan fingerprint density at radius 1 is 0.875 bits per heavy atom. The molecule has 6 nitrogen and oxygen atoms in total. The SMILES string of the molecule is COc1ccc(C(=O)N2CCN(C(=O)c3ccn(C)c3)CC2)cc1. The van der Waals surface area contributed by atoms with Gasteiger partial charge in [0.2, 0.25) is 0 Å². The molecule has 3 rings (SSSR count). The third kappa shape index (κ3) is 3.27. The summed E-state index contributed by atoms with van der Waals surface area (Å²) in [5, 5.41) is 0. The monoisotopic (exact) mass is 327 g/mol. The van der Waals surface area contributed by atoms with Crippen molar-refractivity contribution in [1.82, 2.24) is 14.4 Å². The Morgan fingerprint density at radius 3 is 1.88 bits per heavy atom. The Labute approximate surface area is 141 Å². The summed E-state index contributed by atoms with van der Waals surface area (Å²) in [5.74, 6) is 0.737. The molecule has 0 atom stereocenters. The van der Waals surface area contributed by atoms with E-state index in [4.69, 9.17) is 4.74 Å². The second-order valence-electron chi connectivity index (χ2n) is 5.88. The number of hydrogen-bond acceptors (Lipinski definition) is 3. The summed E-state index contributed by atoms with van der Waals surface area (Å²) in [6.45, 7) is 2.19. The minimum Gasteiger partial charge on any atom is -0.497 e. The molecule has 0 N–H and O–H groups in total. The van der Waals surface area contributed by atoms with Crippen LogP contribution in [0.4, 0.5) is 0 Å². The molecule has 126 valence electrons. The van der Waals surface area contributed by atoms with Crippen molar-refractivity contribution in [3.05, 3.63) is 53.9 Å². The van der Waals surface area contributed by atoms with E-state index in [9.17, 15) is 9.59 Å². The van der Waals surface area contributed by atoms with E-state index in [1.165, 1.54) is 0 Å². The topological polar surface area (TPSA) is 54.8 Å². The van der Waals surface area contributed by atoms with Crippen molar-refractivity contribution in [3.8, 4) is 5.75 Å². The van der Waals surface area contributed by atoms with Gasteiger partial charge in [0, 0.05) is 51.2 Å². The molecule has 24 heavy (non-hydrogen) atoms. The molecule has 0 bridgehead atoms. The predicted molar refractivity (Wildman–Crippen MR) is 90.2 cm³/mol. The summed E-state index contributed by atoms with van der Waals surface area (Å²) in [7, 11) is 3.49. The highest BCUT2D eigenvalue weighted by Gasteiger charge is 2.25. The molecule has 0 unspecified atom stereocenters. The molecular weight excluding hydrogens is 306 g/mol. The number of methoxy groups -OCH3 is 1. The molecule has 0 saturated carbocycles. The zero-order chi connectivity index (χ0) is 17.1. The summed E-state index contributed by atoms with van der Waals surface area (Å²) >= 11 is 0. The molecule has 1 saturated heterocycles. The quantitative estimate of drug-likeness (QED) is 0.861. The van der Waals surface area contributed by atoms with Crippen molar-refractivity contribution in [2.75, 3.05) is 33.3 Å². The first-order chi connectivity index (χ1) is 11.6. The fourth-order valence-electron chi connectivity index (χ4n) is 2.84. The van der Waals surface area contributed by atoms with Gasteiger partial charge >= 0.3 is 0 Å². The van der Waals surface area contributed by atoms with Gasteiger partial charge in [0.15, 0.2) is 0 Å². The molecule has 2 amide bonds. The minimum absolute atomic E-state index is 0.00976. The lowest BCUT2D eigenvalue weighted by atomic mass is 10.1. The van der Waals surface area contributed by atoms with Crippen LogP contribution < -0.4 is 4.74 Å². The largest absolute Gasteiger partial charge is 0.497 e. The number of hydrogen-bond donors (Lipinski definition) is 0. The van der Waals surface area contributed by atoms with Gasteiger partial charge in [0.1, 0.15) is 5.75 Å². The molecule has 0 radical (unpaired) electrons. The number of benzene rings is 1. The summed E-state index contributed by atoms with van der Waals surface area (Å²) in [6, 6.07) is 8.91. The average molecular weight is 327 g/mol. The summed E-state index contributed by atoms with van der Waals surface area (Å²) in [4.78, 5) is 28.5. The van der Waals surface area contributed by atoms with Crippen LogP contribution in [0.15, 0.2) is 42.7 Å². The molecule has 0 spiro atoms. The Kier molecular flexibility index (Phi) is 4.55. The fourth-order valence-corrected chi connectivity index (χ4v) is 2.84. The number of ether oxygens (including phenoxy) is 1. The standard InChI is InChI=1S/C18H21N3O3/c1-19-8-7-15(13-19)18(23)21-11-9-20(10-12-21)17(22)14-3-5-16(24-2)6-4-14/h3-8,13H,9-12H2,1-2H3. The van der Waals surface area contributed by atoms with Gasteiger partial charge in [-0.3, -0.25) is 9.59 Å². The molecule has 1 aliphatic rings. The molecule has 2 aromatic rings. The third-order valence-electron chi connectivity index (χ3n) is 4.27. The number of amides is 2. The molecule has 1 fully saturated rings. The normalized spacial score (nSPS) is 14.6. The van der Waals surface area contributed by atoms with E-state index in [2.05, 4.69) is 0 Å². The zero-order valence-corrected chi connectivity index (χ0v) is 13.9. The first kappa shape index (κ1) is 16.1. The molecular formula is C18H21N3O3. The van der Waals surface area contributed by atoms with Crippen LogP contribution in [0.25, 0.3) is 0 Å². The lowest BCUT2D eigenvalue weighted by Crippen LogP contribution is -2.50. The Hall–Kier alpha value is -2.76. The molecule has 0 aliphatic carbocycles. The van der Waals surface area contributed by atoms with Crippen molar-refractivity contribution in [1.29, 1.82) is 0 Å². The number of piperazine rings is 1. The van der Waals surface area contributed by atoms with E-state index in [0.29, 0.717) is 37.3 Å². The maximum absolute atomic E-state index is 12.5. The number of aryl methyl sites for hydroxylation is 1. The van der Waals surface area contributed by atoms with Crippen molar-refractivity contribution < 1.29 is 14.3 Å². The van der Waals surface area contributed by atoms with Crippen molar-refractivity contribution in [2.45, 2.75) is 0 Å². The highest BCUT2D eigenvalue weighted by Crippen LogP contribution is 2.15. The Balaban J connectivity index is 1.59. The first-order valence-electron chi connectivity index (χ1n) is 7.93. The summed E-state index contributed by atoms with van der Waals surface area (Å²) in [5.41, 5.74) is 1.33. The van der Waals surface area contributed by atoms with E-state index in [0.717, 1.165) is 5.75 Å². The smallest absolute Gasteiger partial charge is 0.255 e. The number of nitrogens with zero attached hydrogens (tertiary/aromatic N) is 3. The minimum atomic E-state index is -0.00976. The molecule has 6 heteroatoms. The van der Waals surface area contributed by atoms with Crippen LogP contribution in [0.1, 0.15) is 20.7 Å². The van der Waals surface area contributed by atoms with Crippen LogP contribution in [0, 0.1) is 0 Å². The summed E-state index contributed by atoms with van der Waals surface area (Å²) in [6.07, 6.45) is 3.67. The van der Waals surface area contributed by atoms with Gasteiger partial charge in [-0.05, 0) is 30.3 Å². The van der Waals surface area contributed by atoms with Gasteiger partial charge in [0.05, 0.1) is 12.7 Å². The molecule has 1 aliphatic heterocycles. The number of carbonyl (C=O) groups excluding carboxylic acids is 2. The average Bonchev–Trinajstić information content (AvgIpc) is 3.07. The van der Waals surface area contributed by atoms with E-state index >= 15 is 0 Å². The highest BCUT2D eigenvalue weighted by atomic mass is 16.5. The predicted octanol–water partition coefficient (Wildman–Crippen LogP) is 1.63. The number of rotatable bonds is 3. The van der Waals surface area contributed by atoms with Crippen LogP contribution in [0.2, 0.25) is 0 Å². The van der Waals surface area contributed by atoms with Gasteiger partial charge in [0.25, 0.3) is 11.8 Å². The van der Waals surface area contributed by atoms with Gasteiger partial charge in [-0.1, -0.05) is 0 Å². The highest BCUT2D eigenvalue weighted by molar-refractivity contribution is 5.96. The van der Waals surface area contributed by atoms with Gasteiger partial charge < -0.3 is 19.1 Å². The molecule has 2 heterocycles.